The third kappa shape index (κ3) is 2.29. The second kappa shape index (κ2) is 6.09. The van der Waals surface area contributed by atoms with E-state index in [2.05, 4.69) is 105 Å². The molecule has 2 aliphatic rings. The third-order valence-electron chi connectivity index (χ3n) is 6.15. The molecule has 132 valence electrons. The van der Waals surface area contributed by atoms with Crippen LogP contribution in [0.2, 0.25) is 0 Å². The first-order chi connectivity index (χ1) is 13.2. The second-order valence-electron chi connectivity index (χ2n) is 7.94. The molecule has 0 nitrogen and oxygen atoms in total. The van der Waals surface area contributed by atoms with Crippen LogP contribution in [-0.2, 0) is 5.41 Å². The highest BCUT2D eigenvalue weighted by atomic mass is 14.5. The van der Waals surface area contributed by atoms with E-state index in [1.807, 2.05) is 0 Å². The van der Waals surface area contributed by atoms with Gasteiger partial charge in [-0.3, -0.25) is 0 Å². The van der Waals surface area contributed by atoms with Gasteiger partial charge in [0.1, 0.15) is 0 Å². The zero-order valence-electron chi connectivity index (χ0n) is 15.9. The quantitative estimate of drug-likeness (QED) is 0.476. The number of hydrogen-bond donors (Lipinski definition) is 0. The molecule has 3 aromatic carbocycles. The number of rotatable bonds is 2. The maximum atomic E-state index is 2.46. The van der Waals surface area contributed by atoms with Crippen molar-refractivity contribution in [1.82, 2.24) is 0 Å². The Kier molecular flexibility index (Phi) is 3.68. The monoisotopic (exact) mass is 348 g/mol. The topological polar surface area (TPSA) is 0 Å². The zero-order valence-corrected chi connectivity index (χ0v) is 15.9. The summed E-state index contributed by atoms with van der Waals surface area (Å²) in [6.07, 6.45) is 8.31. The van der Waals surface area contributed by atoms with Crippen LogP contribution in [0.1, 0.15) is 35.6 Å². The van der Waals surface area contributed by atoms with E-state index in [4.69, 9.17) is 0 Å². The van der Waals surface area contributed by atoms with Crippen LogP contribution in [0.25, 0.3) is 11.1 Å². The average molecular weight is 348 g/mol. The van der Waals surface area contributed by atoms with Gasteiger partial charge in [-0.2, -0.15) is 0 Å². The highest BCUT2D eigenvalue weighted by Crippen LogP contribution is 2.57. The van der Waals surface area contributed by atoms with Crippen molar-refractivity contribution in [2.45, 2.75) is 25.7 Å². The minimum absolute atomic E-state index is 0.226. The minimum Gasteiger partial charge on any atom is -0.0811 e. The van der Waals surface area contributed by atoms with Crippen LogP contribution in [-0.4, -0.2) is 0 Å². The van der Waals surface area contributed by atoms with Gasteiger partial charge in [-0.05, 0) is 52.7 Å². The lowest BCUT2D eigenvalue weighted by Gasteiger charge is -2.36. The fraction of sp³-hybridized carbons (Fsp3) is 0.185. The molecule has 2 aliphatic carbocycles. The zero-order chi connectivity index (χ0) is 18.4. The van der Waals surface area contributed by atoms with Crippen molar-refractivity contribution in [2.75, 3.05) is 0 Å². The van der Waals surface area contributed by atoms with Gasteiger partial charge >= 0.3 is 0 Å². The van der Waals surface area contributed by atoms with Gasteiger partial charge in [0.05, 0.1) is 5.41 Å². The number of fused-ring (bicyclic) bond motifs is 3. The molecule has 0 radical (unpaired) electrons. The first-order valence-electron chi connectivity index (χ1n) is 9.86. The summed E-state index contributed by atoms with van der Waals surface area (Å²) in [5, 5.41) is 0. The van der Waals surface area contributed by atoms with E-state index >= 15 is 0 Å². The van der Waals surface area contributed by atoms with E-state index in [0.717, 1.165) is 6.42 Å². The molecule has 0 aliphatic heterocycles. The van der Waals surface area contributed by atoms with E-state index in [9.17, 15) is 0 Å². The number of allylic oxidation sites excluding steroid dienone is 4. The fourth-order valence-electron chi connectivity index (χ4n) is 4.88. The van der Waals surface area contributed by atoms with Crippen LogP contribution in [0, 0.1) is 12.8 Å². The largest absolute Gasteiger partial charge is 0.0811 e. The molecule has 3 aromatic rings. The lowest BCUT2D eigenvalue weighted by Crippen LogP contribution is -2.30. The summed E-state index contributed by atoms with van der Waals surface area (Å²) in [6, 6.07) is 26.9. The molecule has 27 heavy (non-hydrogen) atoms. The Balaban J connectivity index is 1.92. The molecule has 0 amide bonds. The van der Waals surface area contributed by atoms with Crippen molar-refractivity contribution in [3.8, 4) is 11.1 Å². The molecule has 0 heteroatoms. The lowest BCUT2D eigenvalue weighted by atomic mass is 9.65. The lowest BCUT2D eigenvalue weighted by molar-refractivity contribution is 0.691. The summed E-state index contributed by atoms with van der Waals surface area (Å²) < 4.78 is 0. The van der Waals surface area contributed by atoms with Gasteiger partial charge < -0.3 is 0 Å². The van der Waals surface area contributed by atoms with E-state index in [1.165, 1.54) is 39.0 Å². The first-order valence-corrected chi connectivity index (χ1v) is 9.86. The molecule has 0 bridgehead atoms. The Morgan fingerprint density at radius 2 is 1.56 bits per heavy atom. The summed E-state index contributed by atoms with van der Waals surface area (Å²) in [4.78, 5) is 0. The molecule has 0 N–H and O–H groups in total. The summed E-state index contributed by atoms with van der Waals surface area (Å²) in [5.74, 6) is 0.607. The molecule has 0 spiro atoms. The Morgan fingerprint density at radius 1 is 0.815 bits per heavy atom. The molecule has 0 saturated carbocycles. The fourth-order valence-corrected chi connectivity index (χ4v) is 4.88. The number of benzene rings is 3. The standard InChI is InChI=1S/C27H24/c1-19-12-15-22(16-13-19)27(21-8-4-3-5-9-21)25-11-7-6-10-23(25)24-17-14-20(2)18-26(24)27/h3-12,14-19H,13H2,1-2H3. The summed E-state index contributed by atoms with van der Waals surface area (Å²) >= 11 is 0. The Labute approximate surface area is 161 Å². The van der Waals surface area contributed by atoms with E-state index in [-0.39, 0.29) is 5.41 Å². The molecular formula is C27H24. The summed E-state index contributed by atoms with van der Waals surface area (Å²) in [5.41, 5.74) is 9.40. The smallest absolute Gasteiger partial charge is 0.0710 e. The van der Waals surface area contributed by atoms with Crippen molar-refractivity contribution in [3.05, 3.63) is 119 Å². The highest BCUT2D eigenvalue weighted by Gasteiger charge is 2.46. The van der Waals surface area contributed by atoms with Crippen LogP contribution in [0.4, 0.5) is 0 Å². The van der Waals surface area contributed by atoms with Crippen molar-refractivity contribution in [3.63, 3.8) is 0 Å². The molecule has 0 saturated heterocycles. The predicted molar refractivity (Wildman–Crippen MR) is 114 cm³/mol. The van der Waals surface area contributed by atoms with Gasteiger partial charge in [-0.1, -0.05) is 104 Å². The van der Waals surface area contributed by atoms with Crippen molar-refractivity contribution in [2.24, 2.45) is 5.92 Å². The number of aryl methyl sites for hydroxylation is 1. The minimum atomic E-state index is -0.226. The maximum absolute atomic E-state index is 2.46. The van der Waals surface area contributed by atoms with E-state index in [0.29, 0.717) is 5.92 Å². The van der Waals surface area contributed by atoms with Gasteiger partial charge in [-0.25, -0.2) is 0 Å². The maximum Gasteiger partial charge on any atom is 0.0710 e. The SMILES string of the molecule is Cc1ccc2c(c1)C(C1=CCC(C)C=C1)(c1ccccc1)c1ccccc1-2. The predicted octanol–water partition coefficient (Wildman–Crippen LogP) is 6.83. The highest BCUT2D eigenvalue weighted by molar-refractivity contribution is 5.86. The molecular weight excluding hydrogens is 324 g/mol. The van der Waals surface area contributed by atoms with Crippen molar-refractivity contribution in [1.29, 1.82) is 0 Å². The van der Waals surface area contributed by atoms with Crippen molar-refractivity contribution >= 4 is 0 Å². The molecule has 2 atom stereocenters. The van der Waals surface area contributed by atoms with E-state index in [1.54, 1.807) is 0 Å². The Bertz CT molecular complexity index is 1070. The van der Waals surface area contributed by atoms with Crippen LogP contribution in [0.5, 0.6) is 0 Å². The van der Waals surface area contributed by atoms with Gasteiger partial charge in [0.15, 0.2) is 0 Å². The second-order valence-corrected chi connectivity index (χ2v) is 7.94. The normalized spacial score (nSPS) is 22.9. The molecule has 0 fully saturated rings. The van der Waals surface area contributed by atoms with Crippen LogP contribution < -0.4 is 0 Å². The third-order valence-corrected chi connectivity index (χ3v) is 6.15. The molecule has 0 aromatic heterocycles. The first kappa shape index (κ1) is 16.3. The molecule has 0 heterocycles. The van der Waals surface area contributed by atoms with Gasteiger partial charge in [-0.15, -0.1) is 0 Å². The molecule has 5 rings (SSSR count). The Morgan fingerprint density at radius 3 is 2.33 bits per heavy atom. The summed E-state index contributed by atoms with van der Waals surface area (Å²) in [7, 11) is 0. The number of hydrogen-bond acceptors (Lipinski definition) is 0. The Hall–Kier alpha value is -2.86. The van der Waals surface area contributed by atoms with Gasteiger partial charge in [0.2, 0.25) is 0 Å². The molecule has 2 unspecified atom stereocenters. The van der Waals surface area contributed by atoms with Gasteiger partial charge in [0, 0.05) is 0 Å². The average Bonchev–Trinajstić information content (AvgIpc) is 3.00. The van der Waals surface area contributed by atoms with E-state index < -0.39 is 0 Å². The van der Waals surface area contributed by atoms with Crippen LogP contribution >= 0.6 is 0 Å². The van der Waals surface area contributed by atoms with Crippen molar-refractivity contribution < 1.29 is 0 Å². The van der Waals surface area contributed by atoms with Crippen LogP contribution in [0.15, 0.2) is 96.6 Å². The van der Waals surface area contributed by atoms with Crippen LogP contribution in [0.3, 0.4) is 0 Å². The van der Waals surface area contributed by atoms with Gasteiger partial charge in [0.25, 0.3) is 0 Å². The summed E-state index contributed by atoms with van der Waals surface area (Å²) in [6.45, 7) is 4.49.